The van der Waals surface area contributed by atoms with Crippen LogP contribution >= 0.6 is 0 Å². The lowest BCUT2D eigenvalue weighted by atomic mass is 9.95. The topological polar surface area (TPSA) is 148 Å². The van der Waals surface area contributed by atoms with Gasteiger partial charge in [0.2, 0.25) is 5.91 Å². The highest BCUT2D eigenvalue weighted by atomic mass is 19.1. The number of ether oxygens (including phenoxy) is 1. The second-order valence-corrected chi connectivity index (χ2v) is 11.1. The lowest BCUT2D eigenvalue weighted by Gasteiger charge is -2.37. The number of piperidine rings is 1. The van der Waals surface area contributed by atoms with Crippen LogP contribution in [0.2, 0.25) is 0 Å². The van der Waals surface area contributed by atoms with Gasteiger partial charge >= 0.3 is 0 Å². The van der Waals surface area contributed by atoms with Crippen LogP contribution in [0.5, 0.6) is 0 Å². The lowest BCUT2D eigenvalue weighted by molar-refractivity contribution is -0.129. The van der Waals surface area contributed by atoms with Gasteiger partial charge < -0.3 is 30.7 Å². The van der Waals surface area contributed by atoms with Crippen molar-refractivity contribution < 1.29 is 43.2 Å². The number of aliphatic hydroxyl groups excluding tert-OH is 1. The number of hydrogen-bond acceptors (Lipinski definition) is 7. The molecule has 1 aliphatic heterocycles. The van der Waals surface area contributed by atoms with Crippen molar-refractivity contribution in [3.05, 3.63) is 70.8 Å². The van der Waals surface area contributed by atoms with Gasteiger partial charge in [-0.1, -0.05) is 44.5 Å². The third-order valence-electron chi connectivity index (χ3n) is 7.76. The number of halogens is 2. The fourth-order valence-electron chi connectivity index (χ4n) is 5.48. The van der Waals surface area contributed by atoms with Gasteiger partial charge in [0.1, 0.15) is 11.6 Å². The molecule has 258 valence electrons. The molecule has 10 nitrogen and oxygen atoms in total. The first kappa shape index (κ1) is 40.6. The Balaban J connectivity index is 0.00000163. The molecule has 0 saturated carbocycles. The minimum absolute atomic E-state index is 0.115. The summed E-state index contributed by atoms with van der Waals surface area (Å²) in [5, 5.41) is 31.3. The highest BCUT2D eigenvalue weighted by Crippen LogP contribution is 2.22. The van der Waals surface area contributed by atoms with Crippen LogP contribution in [-0.4, -0.2) is 90.1 Å². The van der Waals surface area contributed by atoms with Crippen molar-refractivity contribution in [2.24, 2.45) is 5.92 Å². The molecule has 2 aromatic rings. The SMILES string of the molecule is CCCC(C(=O)N[C@@H](Cc1cc(F)cc(F)c1)[C@H](O)CNCc1cccc(CC)c1)N1CCC(COCC)CC1.O=CO.O=CO. The Bertz CT molecular complexity index is 1120. The molecule has 12 heteroatoms. The van der Waals surface area contributed by atoms with Gasteiger partial charge in [-0.25, -0.2) is 8.78 Å². The summed E-state index contributed by atoms with van der Waals surface area (Å²) in [5.74, 6) is -1.01. The van der Waals surface area contributed by atoms with Gasteiger partial charge in [-0.3, -0.25) is 19.3 Å². The molecule has 46 heavy (non-hydrogen) atoms. The molecule has 3 atom stereocenters. The van der Waals surface area contributed by atoms with Crippen LogP contribution in [0.3, 0.4) is 0 Å². The molecule has 0 bridgehead atoms. The van der Waals surface area contributed by atoms with E-state index in [1.54, 1.807) is 0 Å². The van der Waals surface area contributed by atoms with Gasteiger partial charge in [-0.05, 0) is 86.9 Å². The van der Waals surface area contributed by atoms with Crippen molar-refractivity contribution >= 4 is 18.9 Å². The van der Waals surface area contributed by atoms with Gasteiger partial charge in [-0.15, -0.1) is 0 Å². The molecule has 1 saturated heterocycles. The maximum Gasteiger partial charge on any atom is 0.290 e. The van der Waals surface area contributed by atoms with Crippen molar-refractivity contribution in [2.75, 3.05) is 32.8 Å². The number of carbonyl (C=O) groups is 3. The number of carbonyl (C=O) groups excluding carboxylic acids is 1. The maximum atomic E-state index is 14.0. The number of rotatable bonds is 16. The highest BCUT2D eigenvalue weighted by molar-refractivity contribution is 5.82. The quantitative estimate of drug-likeness (QED) is 0.170. The molecule has 5 N–H and O–H groups in total. The van der Waals surface area contributed by atoms with Gasteiger partial charge in [0.05, 0.1) is 18.2 Å². The summed E-state index contributed by atoms with van der Waals surface area (Å²) in [5.41, 5.74) is 2.73. The molecule has 0 spiro atoms. The minimum Gasteiger partial charge on any atom is -0.483 e. The molecule has 3 rings (SSSR count). The second kappa shape index (κ2) is 23.8. The molecule has 1 amide bonds. The zero-order chi connectivity index (χ0) is 34.3. The van der Waals surface area contributed by atoms with E-state index in [1.165, 1.54) is 17.7 Å². The smallest absolute Gasteiger partial charge is 0.290 e. The lowest BCUT2D eigenvalue weighted by Crippen LogP contribution is -2.56. The predicted octanol–water partition coefficient (Wildman–Crippen LogP) is 4.02. The Labute approximate surface area is 271 Å². The largest absolute Gasteiger partial charge is 0.483 e. The number of hydrogen-bond donors (Lipinski definition) is 5. The van der Waals surface area contributed by atoms with Crippen LogP contribution in [0.15, 0.2) is 42.5 Å². The number of aliphatic hydroxyl groups is 1. The Kier molecular flexibility index (Phi) is 21.0. The first-order valence-corrected chi connectivity index (χ1v) is 15.8. The van der Waals surface area contributed by atoms with Gasteiger partial charge in [0.15, 0.2) is 0 Å². The fraction of sp³-hybridized carbons (Fsp3) is 0.559. The van der Waals surface area contributed by atoms with Crippen LogP contribution in [0.25, 0.3) is 0 Å². The zero-order valence-electron chi connectivity index (χ0n) is 27.2. The average molecular weight is 652 g/mol. The molecule has 1 heterocycles. The number of carboxylic acid groups (broad SMARTS) is 2. The first-order chi connectivity index (χ1) is 22.1. The monoisotopic (exact) mass is 651 g/mol. The van der Waals surface area contributed by atoms with E-state index in [9.17, 15) is 18.7 Å². The molecular weight excluding hydrogens is 600 g/mol. The van der Waals surface area contributed by atoms with Crippen molar-refractivity contribution in [2.45, 2.75) is 84.0 Å². The van der Waals surface area contributed by atoms with Crippen molar-refractivity contribution in [3.63, 3.8) is 0 Å². The third kappa shape index (κ3) is 15.7. The predicted molar refractivity (Wildman–Crippen MR) is 172 cm³/mol. The van der Waals surface area contributed by atoms with Gasteiger partial charge in [0, 0.05) is 32.4 Å². The van der Waals surface area contributed by atoms with Crippen LogP contribution in [-0.2, 0) is 38.5 Å². The Hall–Kier alpha value is -3.45. The Morgan fingerprint density at radius 3 is 2.17 bits per heavy atom. The van der Waals surface area contributed by atoms with Crippen LogP contribution in [0.4, 0.5) is 8.78 Å². The molecule has 0 radical (unpaired) electrons. The molecule has 2 aromatic carbocycles. The Morgan fingerprint density at radius 1 is 1.00 bits per heavy atom. The Morgan fingerprint density at radius 2 is 1.61 bits per heavy atom. The molecule has 0 aliphatic carbocycles. The van der Waals surface area contributed by atoms with E-state index in [1.807, 2.05) is 19.1 Å². The summed E-state index contributed by atoms with van der Waals surface area (Å²) in [4.78, 5) is 32.6. The molecular formula is C34H51F2N3O7. The van der Waals surface area contributed by atoms with Crippen LogP contribution < -0.4 is 10.6 Å². The van der Waals surface area contributed by atoms with E-state index in [0.717, 1.165) is 57.0 Å². The second-order valence-electron chi connectivity index (χ2n) is 11.1. The molecule has 1 unspecified atom stereocenters. The number of benzene rings is 2. The van der Waals surface area contributed by atoms with E-state index in [0.29, 0.717) is 31.1 Å². The summed E-state index contributed by atoms with van der Waals surface area (Å²) in [6.07, 6.45) is 3.60. The number of amides is 1. The number of nitrogens with zero attached hydrogens (tertiary/aromatic N) is 1. The number of aryl methyl sites for hydroxylation is 1. The van der Waals surface area contributed by atoms with Gasteiger partial charge in [-0.2, -0.15) is 0 Å². The number of nitrogens with one attached hydrogen (secondary N) is 2. The van der Waals surface area contributed by atoms with E-state index in [2.05, 4.69) is 41.5 Å². The van der Waals surface area contributed by atoms with E-state index >= 15 is 0 Å². The fourth-order valence-corrected chi connectivity index (χ4v) is 5.48. The summed E-state index contributed by atoms with van der Waals surface area (Å²) in [7, 11) is 0. The molecule has 1 fully saturated rings. The maximum absolute atomic E-state index is 14.0. The van der Waals surface area contributed by atoms with Crippen LogP contribution in [0, 0.1) is 17.6 Å². The van der Waals surface area contributed by atoms with Crippen LogP contribution in [0.1, 0.15) is 63.1 Å². The highest BCUT2D eigenvalue weighted by Gasteiger charge is 2.32. The normalized spacial score (nSPS) is 15.3. The zero-order valence-corrected chi connectivity index (χ0v) is 27.2. The molecule has 0 aromatic heterocycles. The standard InChI is InChI=1S/C32H47F2N3O3.2CH2O2/c1-4-8-30(37-13-11-24(12-14-37)22-40-6-3)32(39)36-29(18-26-16-27(33)19-28(34)17-26)31(38)21-35-20-25-10-7-9-23(5-2)15-25;2*2-1-3/h7,9-10,15-17,19,24,29-31,35,38H,4-6,8,11-14,18,20-22H2,1-3H3,(H,36,39);2*1H,(H,2,3)/t29-,30?,31+;;/m0../s1. The van der Waals surface area contributed by atoms with E-state index in [-0.39, 0.29) is 37.9 Å². The minimum atomic E-state index is -0.955. The van der Waals surface area contributed by atoms with Crippen molar-refractivity contribution in [3.8, 4) is 0 Å². The average Bonchev–Trinajstić information content (AvgIpc) is 3.03. The van der Waals surface area contributed by atoms with Crippen molar-refractivity contribution in [1.82, 2.24) is 15.5 Å². The first-order valence-electron chi connectivity index (χ1n) is 15.8. The third-order valence-corrected chi connectivity index (χ3v) is 7.76. The molecule has 1 aliphatic rings. The summed E-state index contributed by atoms with van der Waals surface area (Å²) < 4.78 is 33.5. The van der Waals surface area contributed by atoms with Gasteiger partial charge in [0.25, 0.3) is 12.9 Å². The van der Waals surface area contributed by atoms with E-state index < -0.39 is 23.8 Å². The van der Waals surface area contributed by atoms with E-state index in [4.69, 9.17) is 24.5 Å². The number of likely N-dealkylation sites (tertiary alicyclic amines) is 1. The summed E-state index contributed by atoms with van der Waals surface area (Å²) in [6.45, 7) is 9.54. The summed E-state index contributed by atoms with van der Waals surface area (Å²) in [6, 6.07) is 10.6. The summed E-state index contributed by atoms with van der Waals surface area (Å²) >= 11 is 0. The van der Waals surface area contributed by atoms with Crippen molar-refractivity contribution in [1.29, 1.82) is 0 Å².